The van der Waals surface area contributed by atoms with Crippen LogP contribution in [0.2, 0.25) is 0 Å². The van der Waals surface area contributed by atoms with Crippen LogP contribution in [-0.4, -0.2) is 61.4 Å². The van der Waals surface area contributed by atoms with Crippen LogP contribution in [0.3, 0.4) is 0 Å². The van der Waals surface area contributed by atoms with Gasteiger partial charge in [-0.05, 0) is 76.9 Å². The molecular weight excluding hydrogens is 404 g/mol. The molecule has 2 atom stereocenters. The maximum Gasteiger partial charge on any atom is 0.324 e. The number of amides is 4. The number of imide groups is 1. The van der Waals surface area contributed by atoms with Crippen molar-refractivity contribution in [3.8, 4) is 0 Å². The van der Waals surface area contributed by atoms with Crippen molar-refractivity contribution in [2.45, 2.75) is 46.0 Å². The van der Waals surface area contributed by atoms with Gasteiger partial charge >= 0.3 is 6.03 Å². The van der Waals surface area contributed by atoms with E-state index in [2.05, 4.69) is 18.8 Å². The molecule has 0 aromatic heterocycles. The number of nitrogens with two attached hydrogens (primary N) is 1. The molecule has 2 rings (SSSR count). The summed E-state index contributed by atoms with van der Waals surface area (Å²) >= 11 is 0. The summed E-state index contributed by atoms with van der Waals surface area (Å²) in [6, 6.07) is 6.77. The number of benzene rings is 1. The van der Waals surface area contributed by atoms with E-state index < -0.39 is 5.41 Å². The quantitative estimate of drug-likeness (QED) is 0.430. The summed E-state index contributed by atoms with van der Waals surface area (Å²) in [7, 11) is 3.95. The number of nitrogens with zero attached hydrogens (tertiary/aromatic N) is 2. The number of carbonyl (C=O) groups is 3. The number of primary amides is 1. The van der Waals surface area contributed by atoms with Gasteiger partial charge in [0, 0.05) is 18.7 Å². The van der Waals surface area contributed by atoms with Crippen LogP contribution in [-0.2, 0) is 11.2 Å². The predicted octanol–water partition coefficient (Wildman–Crippen LogP) is 3.20. The molecule has 1 aliphatic carbocycles. The number of hydrogen-bond donors (Lipinski definition) is 2. The van der Waals surface area contributed by atoms with Gasteiger partial charge < -0.3 is 16.0 Å². The largest absolute Gasteiger partial charge is 0.369 e. The van der Waals surface area contributed by atoms with Gasteiger partial charge in [0.05, 0.1) is 5.41 Å². The molecular formula is C25H38N4O3. The third-order valence-electron chi connectivity index (χ3n) is 6.45. The van der Waals surface area contributed by atoms with Gasteiger partial charge in [0.15, 0.2) is 0 Å². The topological polar surface area (TPSA) is 95.7 Å². The Hall–Kier alpha value is -2.67. The molecule has 2 unspecified atom stereocenters. The van der Waals surface area contributed by atoms with Gasteiger partial charge in [0.1, 0.15) is 0 Å². The highest BCUT2D eigenvalue weighted by atomic mass is 16.2. The van der Waals surface area contributed by atoms with Crippen LogP contribution in [0.15, 0.2) is 36.4 Å². The number of rotatable bonds is 10. The summed E-state index contributed by atoms with van der Waals surface area (Å²) in [6.07, 6.45) is 3.64. The fourth-order valence-electron chi connectivity index (χ4n) is 4.67. The van der Waals surface area contributed by atoms with E-state index in [-0.39, 0.29) is 30.3 Å². The molecule has 0 spiro atoms. The molecule has 0 radical (unpaired) electrons. The Balaban J connectivity index is 2.08. The molecule has 3 N–H and O–H groups in total. The first kappa shape index (κ1) is 25.6. The fourth-order valence-corrected chi connectivity index (χ4v) is 4.67. The third-order valence-corrected chi connectivity index (χ3v) is 6.45. The van der Waals surface area contributed by atoms with Crippen molar-refractivity contribution < 1.29 is 14.4 Å². The minimum atomic E-state index is -0.626. The smallest absolute Gasteiger partial charge is 0.324 e. The van der Waals surface area contributed by atoms with Crippen LogP contribution in [0.5, 0.6) is 0 Å². The lowest BCUT2D eigenvalue weighted by Crippen LogP contribution is -2.44. The molecule has 0 bridgehead atoms. The van der Waals surface area contributed by atoms with Crippen LogP contribution in [0, 0.1) is 11.3 Å². The number of carbonyl (C=O) groups excluding carboxylic acids is 3. The Morgan fingerprint density at radius 3 is 2.38 bits per heavy atom. The van der Waals surface area contributed by atoms with Gasteiger partial charge in [-0.2, -0.15) is 0 Å². The van der Waals surface area contributed by atoms with E-state index in [1.807, 2.05) is 31.1 Å². The average molecular weight is 443 g/mol. The molecule has 1 aromatic rings. The van der Waals surface area contributed by atoms with Crippen molar-refractivity contribution in [2.24, 2.45) is 17.1 Å². The van der Waals surface area contributed by atoms with E-state index >= 15 is 0 Å². The van der Waals surface area contributed by atoms with Crippen LogP contribution in [0.4, 0.5) is 4.79 Å². The van der Waals surface area contributed by atoms with E-state index in [1.165, 1.54) is 4.90 Å². The Bertz CT molecular complexity index is 834. The van der Waals surface area contributed by atoms with Crippen molar-refractivity contribution in [3.05, 3.63) is 47.5 Å². The fraction of sp³-hybridized carbons (Fsp3) is 0.560. The standard InChI is InChI=1S/C25H38N4O3/c1-6-21-15-18(3)16-25(21,23(26)31)17-19-9-11-20(12-10-19)22(30)29(7-2)24(32)27-13-8-14-28(4)5/h9-12,21H,3,6-8,13-17H2,1-2,4-5H3,(H2,26,31)(H,27,32). The lowest BCUT2D eigenvalue weighted by atomic mass is 9.71. The van der Waals surface area contributed by atoms with E-state index in [0.29, 0.717) is 24.9 Å². The molecule has 0 aliphatic heterocycles. The summed E-state index contributed by atoms with van der Waals surface area (Å²) in [6.45, 7) is 9.60. The molecule has 7 heteroatoms. The SMILES string of the molecule is C=C1CC(CC)C(Cc2ccc(C(=O)N(CC)C(=O)NCCCN(C)C)cc2)(C(N)=O)C1. The van der Waals surface area contributed by atoms with Gasteiger partial charge in [-0.15, -0.1) is 0 Å². The van der Waals surface area contributed by atoms with Gasteiger partial charge in [0.25, 0.3) is 5.91 Å². The first-order valence-corrected chi connectivity index (χ1v) is 11.4. The Labute approximate surface area is 192 Å². The second kappa shape index (κ2) is 11.3. The molecule has 7 nitrogen and oxygen atoms in total. The highest BCUT2D eigenvalue weighted by molar-refractivity contribution is 6.04. The highest BCUT2D eigenvalue weighted by Crippen LogP contribution is 2.49. The maximum atomic E-state index is 12.9. The van der Waals surface area contributed by atoms with Crippen molar-refractivity contribution in [1.29, 1.82) is 0 Å². The van der Waals surface area contributed by atoms with Crippen LogP contribution in [0.25, 0.3) is 0 Å². The minimum absolute atomic E-state index is 0.181. The zero-order chi connectivity index (χ0) is 23.9. The molecule has 0 saturated heterocycles. The summed E-state index contributed by atoms with van der Waals surface area (Å²) in [5, 5.41) is 2.81. The van der Waals surface area contributed by atoms with Gasteiger partial charge in [-0.3, -0.25) is 14.5 Å². The van der Waals surface area contributed by atoms with Crippen molar-refractivity contribution in [3.63, 3.8) is 0 Å². The normalized spacial score (nSPS) is 20.4. The molecule has 1 saturated carbocycles. The van der Waals surface area contributed by atoms with Gasteiger partial charge in [-0.25, -0.2) is 4.79 Å². The third kappa shape index (κ3) is 5.97. The number of allylic oxidation sites excluding steroid dienone is 1. The van der Waals surface area contributed by atoms with Crippen LogP contribution < -0.4 is 11.1 Å². The number of urea groups is 1. The van der Waals surface area contributed by atoms with E-state index in [1.54, 1.807) is 19.1 Å². The summed E-state index contributed by atoms with van der Waals surface area (Å²) < 4.78 is 0. The summed E-state index contributed by atoms with van der Waals surface area (Å²) in [5.74, 6) is -0.443. The predicted molar refractivity (Wildman–Crippen MR) is 127 cm³/mol. The van der Waals surface area contributed by atoms with Crippen molar-refractivity contribution in [1.82, 2.24) is 15.1 Å². The molecule has 1 fully saturated rings. The Morgan fingerprint density at radius 1 is 1.19 bits per heavy atom. The van der Waals surface area contributed by atoms with Gasteiger partial charge in [0.2, 0.25) is 5.91 Å². The van der Waals surface area contributed by atoms with Crippen molar-refractivity contribution in [2.75, 3.05) is 33.7 Å². The maximum absolute atomic E-state index is 12.9. The van der Waals surface area contributed by atoms with E-state index in [0.717, 1.165) is 36.9 Å². The zero-order valence-electron chi connectivity index (χ0n) is 19.9. The Kier molecular flexibility index (Phi) is 9.01. The van der Waals surface area contributed by atoms with E-state index in [4.69, 9.17) is 5.73 Å². The minimum Gasteiger partial charge on any atom is -0.369 e. The van der Waals surface area contributed by atoms with Crippen LogP contribution in [0.1, 0.15) is 55.5 Å². The summed E-state index contributed by atoms with van der Waals surface area (Å²) in [4.78, 5) is 41.1. The number of hydrogen-bond acceptors (Lipinski definition) is 4. The molecule has 1 aromatic carbocycles. The van der Waals surface area contributed by atoms with Crippen LogP contribution >= 0.6 is 0 Å². The molecule has 32 heavy (non-hydrogen) atoms. The molecule has 176 valence electrons. The Morgan fingerprint density at radius 2 is 1.84 bits per heavy atom. The second-order valence-electron chi connectivity index (χ2n) is 9.07. The van der Waals surface area contributed by atoms with E-state index in [9.17, 15) is 14.4 Å². The summed E-state index contributed by atoms with van der Waals surface area (Å²) in [5.41, 5.74) is 7.69. The lowest BCUT2D eigenvalue weighted by molar-refractivity contribution is -0.129. The van der Waals surface area contributed by atoms with Gasteiger partial charge in [-0.1, -0.05) is 37.6 Å². The highest BCUT2D eigenvalue weighted by Gasteiger charge is 2.48. The number of nitrogens with one attached hydrogen (secondary N) is 1. The zero-order valence-corrected chi connectivity index (χ0v) is 19.9. The first-order valence-electron chi connectivity index (χ1n) is 11.4. The molecule has 4 amide bonds. The average Bonchev–Trinajstić information content (AvgIpc) is 3.08. The van der Waals surface area contributed by atoms with Crippen molar-refractivity contribution >= 4 is 17.8 Å². The first-order chi connectivity index (χ1) is 15.1. The molecule has 1 aliphatic rings. The lowest BCUT2D eigenvalue weighted by Gasteiger charge is -2.32. The second-order valence-corrected chi connectivity index (χ2v) is 9.07. The molecule has 0 heterocycles. The monoisotopic (exact) mass is 442 g/mol.